The van der Waals surface area contributed by atoms with Gasteiger partial charge in [-0.2, -0.15) is 9.40 Å². The third kappa shape index (κ3) is 3.49. The monoisotopic (exact) mass is 307 g/mol. The normalized spacial score (nSPS) is 14.3. The molecule has 110 valence electrons. The standard InChI is InChI=1S/C12H22ClN3O2S/c1-8(2)6-9(3)16(5)19(17,18)12-10(4)14-15-11(12)7-13/h8-9H,6-7H2,1-5H3,(H,14,15). The average molecular weight is 308 g/mol. The molecule has 1 aromatic rings. The Hall–Kier alpha value is -0.590. The smallest absolute Gasteiger partial charge is 0.246 e. The van der Waals surface area contributed by atoms with Crippen LogP contribution in [0.4, 0.5) is 0 Å². The topological polar surface area (TPSA) is 66.1 Å². The van der Waals surface area contributed by atoms with Gasteiger partial charge in [-0.15, -0.1) is 11.6 Å². The van der Waals surface area contributed by atoms with Crippen LogP contribution in [0.5, 0.6) is 0 Å². The minimum absolute atomic E-state index is 0.0672. The molecule has 0 radical (unpaired) electrons. The van der Waals surface area contributed by atoms with Crippen LogP contribution in [0.1, 0.15) is 38.6 Å². The molecular weight excluding hydrogens is 286 g/mol. The van der Waals surface area contributed by atoms with Crippen molar-refractivity contribution >= 4 is 21.6 Å². The molecule has 1 rings (SSSR count). The number of alkyl halides is 1. The number of aromatic nitrogens is 2. The molecule has 1 heterocycles. The predicted octanol–water partition coefficient (Wildman–Crippen LogP) is 2.51. The van der Waals surface area contributed by atoms with E-state index in [0.717, 1.165) is 6.42 Å². The van der Waals surface area contributed by atoms with Crippen LogP contribution in [-0.2, 0) is 15.9 Å². The molecule has 1 N–H and O–H groups in total. The molecule has 0 saturated carbocycles. The second-order valence-electron chi connectivity index (χ2n) is 5.26. The number of nitrogens with zero attached hydrogens (tertiary/aromatic N) is 2. The van der Waals surface area contributed by atoms with Crippen molar-refractivity contribution in [1.82, 2.24) is 14.5 Å². The van der Waals surface area contributed by atoms with Crippen LogP contribution in [0, 0.1) is 12.8 Å². The van der Waals surface area contributed by atoms with Crippen molar-refractivity contribution in [3.05, 3.63) is 11.4 Å². The fourth-order valence-electron chi connectivity index (χ4n) is 2.11. The molecule has 0 amide bonds. The third-order valence-corrected chi connectivity index (χ3v) is 5.59. The summed E-state index contributed by atoms with van der Waals surface area (Å²) >= 11 is 5.75. The number of hydrogen-bond acceptors (Lipinski definition) is 3. The zero-order chi connectivity index (χ0) is 14.8. The average Bonchev–Trinajstić information content (AvgIpc) is 2.68. The van der Waals surface area contributed by atoms with E-state index in [1.807, 2.05) is 6.92 Å². The van der Waals surface area contributed by atoms with E-state index < -0.39 is 10.0 Å². The zero-order valence-electron chi connectivity index (χ0n) is 12.1. The lowest BCUT2D eigenvalue weighted by atomic mass is 10.1. The molecule has 0 aliphatic heterocycles. The number of halogens is 1. The van der Waals surface area contributed by atoms with E-state index in [2.05, 4.69) is 24.0 Å². The summed E-state index contributed by atoms with van der Waals surface area (Å²) in [5, 5.41) is 6.63. The van der Waals surface area contributed by atoms with Crippen molar-refractivity contribution < 1.29 is 8.42 Å². The Balaban J connectivity index is 3.13. The van der Waals surface area contributed by atoms with E-state index >= 15 is 0 Å². The molecule has 0 spiro atoms. The molecule has 0 saturated heterocycles. The predicted molar refractivity (Wildman–Crippen MR) is 76.7 cm³/mol. The maximum Gasteiger partial charge on any atom is 0.246 e. The van der Waals surface area contributed by atoms with Crippen LogP contribution in [0.2, 0.25) is 0 Å². The highest BCUT2D eigenvalue weighted by Gasteiger charge is 2.31. The maximum absolute atomic E-state index is 12.6. The van der Waals surface area contributed by atoms with Gasteiger partial charge in [0.05, 0.1) is 17.3 Å². The van der Waals surface area contributed by atoms with Crippen LogP contribution in [0.15, 0.2) is 4.90 Å². The fourth-order valence-corrected chi connectivity index (χ4v) is 4.08. The van der Waals surface area contributed by atoms with Gasteiger partial charge in [0.2, 0.25) is 10.0 Å². The quantitative estimate of drug-likeness (QED) is 0.821. The van der Waals surface area contributed by atoms with Gasteiger partial charge >= 0.3 is 0 Å². The molecular formula is C12H22ClN3O2S. The van der Waals surface area contributed by atoms with E-state index in [0.29, 0.717) is 17.3 Å². The summed E-state index contributed by atoms with van der Waals surface area (Å²) in [6.07, 6.45) is 0.808. The van der Waals surface area contributed by atoms with Crippen molar-refractivity contribution in [2.24, 2.45) is 5.92 Å². The van der Waals surface area contributed by atoms with E-state index in [1.54, 1.807) is 14.0 Å². The Morgan fingerprint density at radius 2 is 1.95 bits per heavy atom. The Morgan fingerprint density at radius 1 is 1.37 bits per heavy atom. The number of H-pyrrole nitrogens is 1. The van der Waals surface area contributed by atoms with Gasteiger partial charge in [-0.1, -0.05) is 13.8 Å². The van der Waals surface area contributed by atoms with E-state index in [1.165, 1.54) is 4.31 Å². The highest BCUT2D eigenvalue weighted by Crippen LogP contribution is 2.25. The van der Waals surface area contributed by atoms with Gasteiger partial charge in [-0.3, -0.25) is 5.10 Å². The molecule has 1 atom stereocenters. The molecule has 0 fully saturated rings. The first kappa shape index (κ1) is 16.5. The second kappa shape index (κ2) is 6.24. The minimum atomic E-state index is -3.56. The number of nitrogens with one attached hydrogen (secondary N) is 1. The first-order valence-corrected chi connectivity index (χ1v) is 8.27. The SMILES string of the molecule is Cc1[nH]nc(CCl)c1S(=O)(=O)N(C)C(C)CC(C)C. The van der Waals surface area contributed by atoms with E-state index in [4.69, 9.17) is 11.6 Å². The van der Waals surface area contributed by atoms with E-state index in [-0.39, 0.29) is 16.8 Å². The summed E-state index contributed by atoms with van der Waals surface area (Å²) in [5.74, 6) is 0.510. The van der Waals surface area contributed by atoms with Crippen LogP contribution in [0.3, 0.4) is 0 Å². The molecule has 5 nitrogen and oxygen atoms in total. The molecule has 0 aliphatic rings. The fraction of sp³-hybridized carbons (Fsp3) is 0.750. The Kier molecular flexibility index (Phi) is 5.41. The molecule has 0 aromatic carbocycles. The molecule has 19 heavy (non-hydrogen) atoms. The second-order valence-corrected chi connectivity index (χ2v) is 7.46. The summed E-state index contributed by atoms with van der Waals surface area (Å²) in [7, 11) is -1.95. The van der Waals surface area contributed by atoms with Crippen molar-refractivity contribution in [3.63, 3.8) is 0 Å². The van der Waals surface area contributed by atoms with Crippen molar-refractivity contribution in [2.75, 3.05) is 7.05 Å². The number of hydrogen-bond donors (Lipinski definition) is 1. The van der Waals surface area contributed by atoms with Crippen LogP contribution in [-0.4, -0.2) is 36.0 Å². The summed E-state index contributed by atoms with van der Waals surface area (Å²) in [4.78, 5) is 0.209. The largest absolute Gasteiger partial charge is 0.281 e. The van der Waals surface area contributed by atoms with Crippen LogP contribution in [0.25, 0.3) is 0 Å². The van der Waals surface area contributed by atoms with Crippen molar-refractivity contribution in [1.29, 1.82) is 0 Å². The maximum atomic E-state index is 12.6. The number of sulfonamides is 1. The molecule has 0 aliphatic carbocycles. The lowest BCUT2D eigenvalue weighted by Gasteiger charge is -2.25. The summed E-state index contributed by atoms with van der Waals surface area (Å²) < 4.78 is 26.7. The number of rotatable bonds is 6. The first-order valence-electron chi connectivity index (χ1n) is 6.29. The molecule has 1 aromatic heterocycles. The Bertz CT molecular complexity index is 525. The summed E-state index contributed by atoms with van der Waals surface area (Å²) in [6, 6.07) is -0.0672. The lowest BCUT2D eigenvalue weighted by Crippen LogP contribution is -2.36. The zero-order valence-corrected chi connectivity index (χ0v) is 13.6. The summed E-state index contributed by atoms with van der Waals surface area (Å²) in [5.41, 5.74) is 0.905. The minimum Gasteiger partial charge on any atom is -0.281 e. The number of aromatic amines is 1. The van der Waals surface area contributed by atoms with Crippen LogP contribution < -0.4 is 0 Å². The van der Waals surface area contributed by atoms with Crippen molar-refractivity contribution in [3.8, 4) is 0 Å². The van der Waals surface area contributed by atoms with Gasteiger partial charge in [-0.25, -0.2) is 8.42 Å². The Labute approximate surface area is 120 Å². The third-order valence-electron chi connectivity index (χ3n) is 3.16. The van der Waals surface area contributed by atoms with Gasteiger partial charge in [0, 0.05) is 13.1 Å². The molecule has 7 heteroatoms. The van der Waals surface area contributed by atoms with Crippen molar-refractivity contribution in [2.45, 2.75) is 50.9 Å². The lowest BCUT2D eigenvalue weighted by molar-refractivity contribution is 0.337. The van der Waals surface area contributed by atoms with Crippen LogP contribution >= 0.6 is 11.6 Å². The van der Waals surface area contributed by atoms with Gasteiger partial charge in [-0.05, 0) is 26.2 Å². The highest BCUT2D eigenvalue weighted by atomic mass is 35.5. The van der Waals surface area contributed by atoms with Gasteiger partial charge in [0.1, 0.15) is 4.90 Å². The molecule has 0 bridgehead atoms. The molecule has 1 unspecified atom stereocenters. The summed E-state index contributed by atoms with van der Waals surface area (Å²) in [6.45, 7) is 7.75. The first-order chi connectivity index (χ1) is 8.71. The highest BCUT2D eigenvalue weighted by molar-refractivity contribution is 7.89. The van der Waals surface area contributed by atoms with Gasteiger partial charge in [0.25, 0.3) is 0 Å². The number of aryl methyl sites for hydroxylation is 1. The Morgan fingerprint density at radius 3 is 2.42 bits per heavy atom. The van der Waals surface area contributed by atoms with E-state index in [9.17, 15) is 8.42 Å². The van der Waals surface area contributed by atoms with Gasteiger partial charge < -0.3 is 0 Å². The van der Waals surface area contributed by atoms with Gasteiger partial charge in [0.15, 0.2) is 0 Å².